The largest absolute Gasteiger partial charge is 0.484 e. The molecule has 20 heavy (non-hydrogen) atoms. The van der Waals surface area contributed by atoms with E-state index in [9.17, 15) is 9.90 Å². The lowest BCUT2D eigenvalue weighted by Gasteiger charge is -2.10. The molecular formula is C15H17NO4. The molecule has 106 valence electrons. The van der Waals surface area contributed by atoms with Gasteiger partial charge in [0.15, 0.2) is 6.61 Å². The van der Waals surface area contributed by atoms with Crippen molar-refractivity contribution in [3.63, 3.8) is 0 Å². The number of aliphatic hydroxyl groups is 1. The molecule has 2 N–H and O–H groups in total. The molecule has 0 fully saturated rings. The van der Waals surface area contributed by atoms with Gasteiger partial charge in [-0.05, 0) is 31.2 Å². The van der Waals surface area contributed by atoms with Gasteiger partial charge in [0.25, 0.3) is 5.91 Å². The van der Waals surface area contributed by atoms with Gasteiger partial charge in [-0.25, -0.2) is 0 Å². The number of aryl methyl sites for hydroxylation is 1. The van der Waals surface area contributed by atoms with Crippen molar-refractivity contribution in [2.75, 3.05) is 13.2 Å². The highest BCUT2D eigenvalue weighted by atomic mass is 16.5. The van der Waals surface area contributed by atoms with Crippen molar-refractivity contribution in [2.24, 2.45) is 0 Å². The molecule has 1 amide bonds. The topological polar surface area (TPSA) is 71.7 Å². The number of carbonyl (C=O) groups excluding carboxylic acids is 1. The summed E-state index contributed by atoms with van der Waals surface area (Å²) in [5.41, 5.74) is 1.13. The Labute approximate surface area is 117 Å². The molecule has 5 nitrogen and oxygen atoms in total. The van der Waals surface area contributed by atoms with Crippen LogP contribution in [-0.2, 0) is 4.79 Å². The minimum absolute atomic E-state index is 0.0869. The Morgan fingerprint density at radius 3 is 2.75 bits per heavy atom. The van der Waals surface area contributed by atoms with Crippen LogP contribution in [0.5, 0.6) is 5.75 Å². The molecule has 1 heterocycles. The second-order valence-corrected chi connectivity index (χ2v) is 4.44. The molecule has 1 aromatic heterocycles. The van der Waals surface area contributed by atoms with Gasteiger partial charge in [0.1, 0.15) is 17.6 Å². The number of furan rings is 1. The summed E-state index contributed by atoms with van der Waals surface area (Å²) >= 11 is 0. The summed E-state index contributed by atoms with van der Waals surface area (Å²) in [6, 6.07) is 10.8. The van der Waals surface area contributed by atoms with Crippen molar-refractivity contribution in [1.29, 1.82) is 0 Å². The van der Waals surface area contributed by atoms with Crippen LogP contribution in [0.25, 0.3) is 0 Å². The van der Waals surface area contributed by atoms with Crippen molar-refractivity contribution in [3.05, 3.63) is 54.0 Å². The van der Waals surface area contributed by atoms with Gasteiger partial charge < -0.3 is 19.6 Å². The predicted molar refractivity (Wildman–Crippen MR) is 73.4 cm³/mol. The van der Waals surface area contributed by atoms with Crippen molar-refractivity contribution >= 4 is 5.91 Å². The summed E-state index contributed by atoms with van der Waals surface area (Å²) in [7, 11) is 0. The molecule has 0 aliphatic carbocycles. The van der Waals surface area contributed by atoms with E-state index in [-0.39, 0.29) is 19.1 Å². The fraction of sp³-hybridized carbons (Fsp3) is 0.267. The van der Waals surface area contributed by atoms with Gasteiger partial charge in [-0.15, -0.1) is 0 Å². The lowest BCUT2D eigenvalue weighted by molar-refractivity contribution is -0.123. The van der Waals surface area contributed by atoms with Gasteiger partial charge in [0, 0.05) is 0 Å². The maximum Gasteiger partial charge on any atom is 0.258 e. The third kappa shape index (κ3) is 4.13. The van der Waals surface area contributed by atoms with E-state index in [1.807, 2.05) is 19.1 Å². The molecule has 1 unspecified atom stereocenters. The van der Waals surface area contributed by atoms with Crippen molar-refractivity contribution in [2.45, 2.75) is 13.0 Å². The first-order valence-corrected chi connectivity index (χ1v) is 6.33. The van der Waals surface area contributed by atoms with Crippen LogP contribution in [0.2, 0.25) is 0 Å². The van der Waals surface area contributed by atoms with E-state index in [4.69, 9.17) is 9.15 Å². The summed E-state index contributed by atoms with van der Waals surface area (Å²) in [6.07, 6.45) is 0.620. The lowest BCUT2D eigenvalue weighted by atomic mass is 10.2. The fourth-order valence-electron chi connectivity index (χ4n) is 1.63. The lowest BCUT2D eigenvalue weighted by Crippen LogP contribution is -2.32. The number of nitrogens with one attached hydrogen (secondary N) is 1. The van der Waals surface area contributed by atoms with Crippen LogP contribution in [0.15, 0.2) is 47.1 Å². The third-order valence-corrected chi connectivity index (χ3v) is 2.76. The third-order valence-electron chi connectivity index (χ3n) is 2.76. The summed E-state index contributed by atoms with van der Waals surface area (Å²) < 4.78 is 10.4. The average molecular weight is 275 g/mol. The molecule has 0 saturated heterocycles. The zero-order chi connectivity index (χ0) is 14.4. The Morgan fingerprint density at radius 2 is 2.10 bits per heavy atom. The second-order valence-electron chi connectivity index (χ2n) is 4.44. The van der Waals surface area contributed by atoms with E-state index >= 15 is 0 Å². The number of rotatable bonds is 6. The van der Waals surface area contributed by atoms with Gasteiger partial charge in [-0.1, -0.05) is 17.7 Å². The maximum absolute atomic E-state index is 11.6. The molecule has 0 bridgehead atoms. The molecule has 0 radical (unpaired) electrons. The van der Waals surface area contributed by atoms with Gasteiger partial charge in [0.2, 0.25) is 0 Å². The summed E-state index contributed by atoms with van der Waals surface area (Å²) in [5.74, 6) is 0.762. The van der Waals surface area contributed by atoms with Crippen LogP contribution in [0.1, 0.15) is 17.4 Å². The first kappa shape index (κ1) is 14.1. The second kappa shape index (κ2) is 6.77. The monoisotopic (exact) mass is 275 g/mol. The standard InChI is InChI=1S/C15H17NO4/c1-11-4-6-12(7-5-11)20-10-15(18)16-9-13(17)14-3-2-8-19-14/h2-8,13,17H,9-10H2,1H3,(H,16,18). The molecule has 0 saturated carbocycles. The van der Waals surface area contributed by atoms with Crippen molar-refractivity contribution in [1.82, 2.24) is 5.32 Å². The highest BCUT2D eigenvalue weighted by Crippen LogP contribution is 2.12. The molecule has 0 aliphatic heterocycles. The summed E-state index contributed by atoms with van der Waals surface area (Å²) in [5, 5.41) is 12.3. The van der Waals surface area contributed by atoms with E-state index in [0.29, 0.717) is 11.5 Å². The van der Waals surface area contributed by atoms with Crippen LogP contribution in [-0.4, -0.2) is 24.2 Å². The molecular weight excluding hydrogens is 258 g/mol. The predicted octanol–water partition coefficient (Wildman–Crippen LogP) is 1.82. The van der Waals surface area contributed by atoms with E-state index in [2.05, 4.69) is 5.32 Å². The minimum Gasteiger partial charge on any atom is -0.484 e. The Bertz CT molecular complexity index is 534. The van der Waals surface area contributed by atoms with Crippen molar-refractivity contribution < 1.29 is 19.1 Å². The average Bonchev–Trinajstić information content (AvgIpc) is 2.98. The number of hydrogen-bond acceptors (Lipinski definition) is 4. The Hall–Kier alpha value is -2.27. The van der Waals surface area contributed by atoms with Gasteiger partial charge in [-0.2, -0.15) is 0 Å². The quantitative estimate of drug-likeness (QED) is 0.843. The number of hydrogen-bond donors (Lipinski definition) is 2. The number of benzene rings is 1. The van der Waals surface area contributed by atoms with E-state index in [0.717, 1.165) is 5.56 Å². The number of carbonyl (C=O) groups is 1. The first-order valence-electron chi connectivity index (χ1n) is 6.33. The molecule has 2 rings (SSSR count). The normalized spacial score (nSPS) is 11.9. The Morgan fingerprint density at radius 1 is 1.35 bits per heavy atom. The van der Waals surface area contributed by atoms with Crippen LogP contribution < -0.4 is 10.1 Å². The fourth-order valence-corrected chi connectivity index (χ4v) is 1.63. The molecule has 0 spiro atoms. The van der Waals surface area contributed by atoms with E-state index in [1.54, 1.807) is 24.3 Å². The molecule has 5 heteroatoms. The molecule has 0 aliphatic rings. The van der Waals surface area contributed by atoms with E-state index < -0.39 is 6.10 Å². The number of aliphatic hydroxyl groups excluding tert-OH is 1. The Balaban J connectivity index is 1.71. The first-order chi connectivity index (χ1) is 9.65. The van der Waals surface area contributed by atoms with E-state index in [1.165, 1.54) is 6.26 Å². The molecule has 2 aromatic rings. The van der Waals surface area contributed by atoms with Gasteiger partial charge in [0.05, 0.1) is 12.8 Å². The zero-order valence-electron chi connectivity index (χ0n) is 11.2. The van der Waals surface area contributed by atoms with Crippen LogP contribution in [0.3, 0.4) is 0 Å². The SMILES string of the molecule is Cc1ccc(OCC(=O)NCC(O)c2ccco2)cc1. The maximum atomic E-state index is 11.6. The van der Waals surface area contributed by atoms with Crippen LogP contribution in [0, 0.1) is 6.92 Å². The summed E-state index contributed by atoms with van der Waals surface area (Å²) in [6.45, 7) is 1.98. The zero-order valence-corrected chi connectivity index (χ0v) is 11.2. The molecule has 1 aromatic carbocycles. The highest BCUT2D eigenvalue weighted by molar-refractivity contribution is 5.77. The van der Waals surface area contributed by atoms with Crippen molar-refractivity contribution in [3.8, 4) is 5.75 Å². The smallest absolute Gasteiger partial charge is 0.258 e. The summed E-state index contributed by atoms with van der Waals surface area (Å²) in [4.78, 5) is 11.6. The van der Waals surface area contributed by atoms with Crippen LogP contribution >= 0.6 is 0 Å². The Kier molecular flexibility index (Phi) is 4.79. The van der Waals surface area contributed by atoms with Gasteiger partial charge >= 0.3 is 0 Å². The number of ether oxygens (including phenoxy) is 1. The minimum atomic E-state index is -0.853. The van der Waals surface area contributed by atoms with Gasteiger partial charge in [-0.3, -0.25) is 4.79 Å². The highest BCUT2D eigenvalue weighted by Gasteiger charge is 2.12. The number of amides is 1. The van der Waals surface area contributed by atoms with Crippen LogP contribution in [0.4, 0.5) is 0 Å². The molecule has 1 atom stereocenters.